The lowest BCUT2D eigenvalue weighted by Crippen LogP contribution is -2.45. The number of alkyl halides is 3. The molecule has 0 aromatic carbocycles. The fraction of sp³-hybridized carbons (Fsp3) is 0.778. The van der Waals surface area contributed by atoms with Gasteiger partial charge >= 0.3 is 4.83 Å². The highest BCUT2D eigenvalue weighted by molar-refractivity contribution is 9.10. The molecule has 0 fully saturated rings. The van der Waals surface area contributed by atoms with Crippen LogP contribution in [-0.4, -0.2) is 15.5 Å². The van der Waals surface area contributed by atoms with Gasteiger partial charge in [0.2, 0.25) is 0 Å². The number of hydrogen-bond donors (Lipinski definition) is 1. The zero-order chi connectivity index (χ0) is 10.3. The predicted molar refractivity (Wildman–Crippen MR) is 51.0 cm³/mol. The van der Waals surface area contributed by atoms with Gasteiger partial charge in [0.1, 0.15) is 0 Å². The third kappa shape index (κ3) is 2.29. The van der Waals surface area contributed by atoms with Gasteiger partial charge in [-0.05, 0) is 40.3 Å². The maximum atomic E-state index is 12.9. The molecule has 0 saturated carbocycles. The summed E-state index contributed by atoms with van der Waals surface area (Å²) in [6.07, 6.45) is 3.48. The van der Waals surface area contributed by atoms with Crippen LogP contribution in [0.3, 0.4) is 0 Å². The van der Waals surface area contributed by atoms with Gasteiger partial charge < -0.3 is 5.11 Å². The van der Waals surface area contributed by atoms with E-state index in [1.54, 1.807) is 6.08 Å². The maximum Gasteiger partial charge on any atom is 0.332 e. The molecule has 1 atom stereocenters. The first-order valence-corrected chi connectivity index (χ1v) is 4.95. The van der Waals surface area contributed by atoms with Crippen LogP contribution in [0.2, 0.25) is 0 Å². The van der Waals surface area contributed by atoms with Crippen LogP contribution < -0.4 is 0 Å². The van der Waals surface area contributed by atoms with Gasteiger partial charge in [-0.15, -0.1) is 0 Å². The second-order valence-corrected chi connectivity index (χ2v) is 5.24. The fourth-order valence-electron chi connectivity index (χ4n) is 1.28. The van der Waals surface area contributed by atoms with Crippen molar-refractivity contribution in [1.29, 1.82) is 0 Å². The quantitative estimate of drug-likeness (QED) is 0.564. The third-order valence-electron chi connectivity index (χ3n) is 2.45. The zero-order valence-corrected chi connectivity index (χ0v) is 9.24. The van der Waals surface area contributed by atoms with Crippen LogP contribution in [0.25, 0.3) is 0 Å². The molecule has 0 aromatic heterocycles. The molecule has 0 spiro atoms. The van der Waals surface area contributed by atoms with Gasteiger partial charge in [0.15, 0.2) is 5.60 Å². The lowest BCUT2D eigenvalue weighted by molar-refractivity contribution is -0.0950. The molecule has 1 unspecified atom stereocenters. The molecule has 0 saturated heterocycles. The Hall–Kier alpha value is 0.0400. The monoisotopic (exact) mass is 254 g/mol. The molecular formula is C9H13BrF2O. The fourth-order valence-corrected chi connectivity index (χ4v) is 1.61. The smallest absolute Gasteiger partial charge is 0.332 e. The Balaban J connectivity index is 2.88. The number of hydrogen-bond acceptors (Lipinski definition) is 1. The highest BCUT2D eigenvalue weighted by Crippen LogP contribution is 2.45. The van der Waals surface area contributed by atoms with Crippen molar-refractivity contribution in [2.45, 2.75) is 37.1 Å². The van der Waals surface area contributed by atoms with Crippen molar-refractivity contribution in [1.82, 2.24) is 0 Å². The number of rotatable bonds is 1. The molecule has 1 aliphatic rings. The van der Waals surface area contributed by atoms with Gasteiger partial charge in [-0.3, -0.25) is 0 Å². The average molecular weight is 255 g/mol. The van der Waals surface area contributed by atoms with Crippen LogP contribution in [0, 0.1) is 5.41 Å². The van der Waals surface area contributed by atoms with Crippen molar-refractivity contribution in [2.24, 2.45) is 5.41 Å². The van der Waals surface area contributed by atoms with Crippen molar-refractivity contribution >= 4 is 15.9 Å². The largest absolute Gasteiger partial charge is 0.378 e. The van der Waals surface area contributed by atoms with E-state index < -0.39 is 10.4 Å². The molecule has 0 aliphatic heterocycles. The first-order valence-electron chi connectivity index (χ1n) is 4.16. The number of halogens is 3. The summed E-state index contributed by atoms with van der Waals surface area (Å²) < 4.78 is 25.7. The lowest BCUT2D eigenvalue weighted by atomic mass is 9.77. The van der Waals surface area contributed by atoms with Gasteiger partial charge in [-0.2, -0.15) is 8.78 Å². The summed E-state index contributed by atoms with van der Waals surface area (Å²) in [4.78, 5) is -3.24. The molecule has 0 bridgehead atoms. The van der Waals surface area contributed by atoms with E-state index in [1.807, 2.05) is 13.8 Å². The second-order valence-electron chi connectivity index (χ2n) is 4.24. The van der Waals surface area contributed by atoms with Crippen LogP contribution in [0.5, 0.6) is 0 Å². The average Bonchev–Trinajstić information content (AvgIpc) is 1.94. The van der Waals surface area contributed by atoms with E-state index >= 15 is 0 Å². The maximum absolute atomic E-state index is 12.9. The number of aliphatic hydroxyl groups is 1. The zero-order valence-electron chi connectivity index (χ0n) is 7.65. The molecule has 13 heavy (non-hydrogen) atoms. The van der Waals surface area contributed by atoms with Crippen LogP contribution in [0.4, 0.5) is 8.78 Å². The Kier molecular flexibility index (Phi) is 2.58. The minimum Gasteiger partial charge on any atom is -0.378 e. The van der Waals surface area contributed by atoms with E-state index in [2.05, 4.69) is 15.9 Å². The molecule has 0 radical (unpaired) electrons. The summed E-state index contributed by atoms with van der Waals surface area (Å²) in [5.41, 5.74) is -2.12. The molecule has 4 heteroatoms. The standard InChI is InChI=1S/C9H13BrF2O/c1-7(2)3-5-8(13,6-4-7)9(10,11)12/h3,5,13H,4,6H2,1-2H3. The second kappa shape index (κ2) is 3.02. The van der Waals surface area contributed by atoms with E-state index in [0.717, 1.165) is 0 Å². The molecular weight excluding hydrogens is 242 g/mol. The summed E-state index contributed by atoms with van der Waals surface area (Å²) in [5, 5.41) is 9.56. The molecule has 1 rings (SSSR count). The van der Waals surface area contributed by atoms with E-state index in [9.17, 15) is 13.9 Å². The minimum absolute atomic E-state index is 0.0781. The van der Waals surface area contributed by atoms with Gasteiger partial charge in [0.25, 0.3) is 0 Å². The Morgan fingerprint density at radius 2 is 1.85 bits per heavy atom. The molecule has 0 heterocycles. The SMILES string of the molecule is CC1(C)C=CC(O)(C(F)(F)Br)CC1. The van der Waals surface area contributed by atoms with Gasteiger partial charge in [-0.25, -0.2) is 0 Å². The third-order valence-corrected chi connectivity index (χ3v) is 3.14. The highest BCUT2D eigenvalue weighted by atomic mass is 79.9. The normalized spacial score (nSPS) is 33.4. The summed E-state index contributed by atoms with van der Waals surface area (Å²) in [5.74, 6) is 0. The first-order chi connectivity index (χ1) is 5.66. The van der Waals surface area contributed by atoms with E-state index in [4.69, 9.17) is 0 Å². The van der Waals surface area contributed by atoms with E-state index in [-0.39, 0.29) is 11.8 Å². The summed E-state index contributed by atoms with van der Waals surface area (Å²) >= 11 is 2.20. The van der Waals surface area contributed by atoms with Crippen molar-refractivity contribution in [3.63, 3.8) is 0 Å². The Morgan fingerprint density at radius 3 is 2.15 bits per heavy atom. The van der Waals surface area contributed by atoms with E-state index in [0.29, 0.717) is 6.42 Å². The predicted octanol–water partition coefficient (Wildman–Crippen LogP) is 3.08. The minimum atomic E-state index is -3.24. The topological polar surface area (TPSA) is 20.2 Å². The van der Waals surface area contributed by atoms with Crippen LogP contribution in [0.1, 0.15) is 26.7 Å². The molecule has 76 valence electrons. The van der Waals surface area contributed by atoms with Crippen molar-refractivity contribution in [3.05, 3.63) is 12.2 Å². The van der Waals surface area contributed by atoms with Crippen molar-refractivity contribution < 1.29 is 13.9 Å². The van der Waals surface area contributed by atoms with Crippen LogP contribution in [-0.2, 0) is 0 Å². The molecule has 0 aromatic rings. The van der Waals surface area contributed by atoms with E-state index in [1.165, 1.54) is 6.08 Å². The summed E-state index contributed by atoms with van der Waals surface area (Å²) in [6, 6.07) is 0. The van der Waals surface area contributed by atoms with Crippen molar-refractivity contribution in [2.75, 3.05) is 0 Å². The highest BCUT2D eigenvalue weighted by Gasteiger charge is 2.50. The molecule has 0 amide bonds. The van der Waals surface area contributed by atoms with Gasteiger partial charge in [0, 0.05) is 0 Å². The molecule has 1 aliphatic carbocycles. The Morgan fingerprint density at radius 1 is 1.31 bits per heavy atom. The molecule has 1 nitrogen and oxygen atoms in total. The molecule has 1 N–H and O–H groups in total. The Labute approximate surface area is 85.0 Å². The Bertz CT molecular complexity index is 232. The first kappa shape index (κ1) is 11.1. The van der Waals surface area contributed by atoms with Gasteiger partial charge in [-0.1, -0.05) is 19.9 Å². The number of allylic oxidation sites excluding steroid dienone is 1. The van der Waals surface area contributed by atoms with Crippen LogP contribution in [0.15, 0.2) is 12.2 Å². The van der Waals surface area contributed by atoms with Crippen LogP contribution >= 0.6 is 15.9 Å². The summed E-state index contributed by atoms with van der Waals surface area (Å²) in [7, 11) is 0. The van der Waals surface area contributed by atoms with Gasteiger partial charge in [0.05, 0.1) is 0 Å². The summed E-state index contributed by atoms with van der Waals surface area (Å²) in [6.45, 7) is 3.91. The lowest BCUT2D eigenvalue weighted by Gasteiger charge is -2.37. The van der Waals surface area contributed by atoms with Crippen molar-refractivity contribution in [3.8, 4) is 0 Å².